The van der Waals surface area contributed by atoms with Crippen molar-refractivity contribution in [1.29, 1.82) is 0 Å². The van der Waals surface area contributed by atoms with Crippen LogP contribution in [0.1, 0.15) is 10.4 Å². The fourth-order valence-corrected chi connectivity index (χ4v) is 3.33. The molecule has 0 spiro atoms. The van der Waals surface area contributed by atoms with Crippen molar-refractivity contribution in [3.05, 3.63) is 71.9 Å². The molecule has 0 fully saturated rings. The van der Waals surface area contributed by atoms with Crippen molar-refractivity contribution in [2.75, 3.05) is 32.8 Å². The second-order valence-corrected chi connectivity index (χ2v) is 7.49. The third-order valence-electron chi connectivity index (χ3n) is 5.13. The molecule has 0 saturated heterocycles. The fourth-order valence-electron chi connectivity index (χ4n) is 3.33. The van der Waals surface area contributed by atoms with Gasteiger partial charge >= 0.3 is 0 Å². The van der Waals surface area contributed by atoms with Crippen LogP contribution < -0.4 is 25.3 Å². The molecule has 11 nitrogen and oxygen atoms in total. The van der Waals surface area contributed by atoms with E-state index >= 15 is 0 Å². The number of allylic oxidation sites excluding steroid dienone is 2. The summed E-state index contributed by atoms with van der Waals surface area (Å²) >= 11 is 0. The number of nitrogens with zero attached hydrogens (tertiary/aromatic N) is 2. The molecule has 2 aromatic carbocycles. The summed E-state index contributed by atoms with van der Waals surface area (Å²) in [6, 6.07) is 9.23. The second-order valence-electron chi connectivity index (χ2n) is 7.49. The number of ether oxygens (including phenoxy) is 4. The van der Waals surface area contributed by atoms with Crippen molar-refractivity contribution >= 4 is 34.2 Å². The van der Waals surface area contributed by atoms with E-state index in [4.69, 9.17) is 24.7 Å². The van der Waals surface area contributed by atoms with Crippen molar-refractivity contribution in [3.8, 4) is 17.2 Å². The molecule has 1 aliphatic rings. The summed E-state index contributed by atoms with van der Waals surface area (Å²) in [5, 5.41) is 3.45. The Labute approximate surface area is 205 Å². The summed E-state index contributed by atoms with van der Waals surface area (Å²) in [6.45, 7) is 0.726. The molecule has 0 saturated carbocycles. The molecule has 4 rings (SSSR count). The highest BCUT2D eigenvalue weighted by Gasteiger charge is 2.23. The van der Waals surface area contributed by atoms with E-state index in [0.717, 1.165) is 12.2 Å². The zero-order chi connectivity index (χ0) is 25.7. The Bertz CT molecular complexity index is 1400. The van der Waals surface area contributed by atoms with Crippen molar-refractivity contribution in [2.45, 2.75) is 0 Å². The highest BCUT2D eigenvalue weighted by molar-refractivity contribution is 6.20. The lowest BCUT2D eigenvalue weighted by atomic mass is 10.1. The van der Waals surface area contributed by atoms with E-state index in [1.807, 2.05) is 0 Å². The average molecular weight is 490 g/mol. The smallest absolute Gasteiger partial charge is 0.248 e. The van der Waals surface area contributed by atoms with Gasteiger partial charge in [-0.3, -0.25) is 14.4 Å². The quantitative estimate of drug-likeness (QED) is 0.319. The van der Waals surface area contributed by atoms with Crippen LogP contribution in [0.15, 0.2) is 66.3 Å². The number of anilines is 1. The number of amides is 1. The Hall–Kier alpha value is -4.77. The molecule has 1 aromatic heterocycles. The van der Waals surface area contributed by atoms with Crippen molar-refractivity contribution in [3.63, 3.8) is 0 Å². The van der Waals surface area contributed by atoms with Gasteiger partial charge in [0.05, 0.1) is 24.9 Å². The van der Waals surface area contributed by atoms with E-state index in [1.165, 1.54) is 37.7 Å². The summed E-state index contributed by atoms with van der Waals surface area (Å²) in [5.41, 5.74) is 6.05. The summed E-state index contributed by atoms with van der Waals surface area (Å²) in [4.78, 5) is 45.1. The van der Waals surface area contributed by atoms with Crippen LogP contribution in [0.4, 0.5) is 5.82 Å². The van der Waals surface area contributed by atoms with Gasteiger partial charge in [-0.05, 0) is 30.3 Å². The SMILES string of the molecule is COCCOc1cc2ncnc(NC3=CC(=O)C(Oc4ccc(C(N)=O)cc4)=CC3=O)c2cc1OC. The third kappa shape index (κ3) is 5.31. The number of fused-ring (bicyclic) bond motifs is 1. The highest BCUT2D eigenvalue weighted by Crippen LogP contribution is 2.34. The predicted molar refractivity (Wildman–Crippen MR) is 129 cm³/mol. The number of ketones is 2. The van der Waals surface area contributed by atoms with Gasteiger partial charge in [0.2, 0.25) is 17.5 Å². The predicted octanol–water partition coefficient (Wildman–Crippen LogP) is 2.17. The van der Waals surface area contributed by atoms with E-state index in [9.17, 15) is 14.4 Å². The normalized spacial score (nSPS) is 13.2. The van der Waals surface area contributed by atoms with Gasteiger partial charge in [0, 0.05) is 36.3 Å². The summed E-state index contributed by atoms with van der Waals surface area (Å²) in [6.07, 6.45) is 3.53. The van der Waals surface area contributed by atoms with E-state index in [0.29, 0.717) is 41.4 Å². The zero-order valence-electron chi connectivity index (χ0n) is 19.4. The first-order valence-corrected chi connectivity index (χ1v) is 10.7. The summed E-state index contributed by atoms with van der Waals surface area (Å²) in [7, 11) is 3.08. The number of hydrogen-bond acceptors (Lipinski definition) is 10. The van der Waals surface area contributed by atoms with Gasteiger partial charge in [0.1, 0.15) is 24.5 Å². The van der Waals surface area contributed by atoms with Crippen LogP contribution in [0, 0.1) is 0 Å². The number of hydrogen-bond donors (Lipinski definition) is 2. The Morgan fingerprint density at radius 2 is 1.75 bits per heavy atom. The van der Waals surface area contributed by atoms with Gasteiger partial charge in [-0.15, -0.1) is 0 Å². The molecule has 0 bridgehead atoms. The Balaban J connectivity index is 1.54. The topological polar surface area (TPSA) is 152 Å². The minimum atomic E-state index is -0.590. The lowest BCUT2D eigenvalue weighted by Crippen LogP contribution is -2.21. The number of nitrogens with one attached hydrogen (secondary N) is 1. The van der Waals surface area contributed by atoms with Gasteiger partial charge in [0.15, 0.2) is 17.3 Å². The van der Waals surface area contributed by atoms with E-state index in [2.05, 4.69) is 15.3 Å². The fraction of sp³-hybridized carbons (Fsp3) is 0.160. The van der Waals surface area contributed by atoms with Gasteiger partial charge in [-0.1, -0.05) is 0 Å². The largest absolute Gasteiger partial charge is 0.493 e. The minimum Gasteiger partial charge on any atom is -0.493 e. The number of benzene rings is 2. The lowest BCUT2D eigenvalue weighted by molar-refractivity contribution is -0.116. The van der Waals surface area contributed by atoms with Crippen molar-refractivity contribution in [2.24, 2.45) is 5.73 Å². The van der Waals surface area contributed by atoms with Crippen LogP contribution in [0.5, 0.6) is 17.2 Å². The van der Waals surface area contributed by atoms with Crippen LogP contribution >= 0.6 is 0 Å². The van der Waals surface area contributed by atoms with E-state index < -0.39 is 17.5 Å². The molecule has 1 amide bonds. The number of primary amides is 1. The summed E-state index contributed by atoms with van der Waals surface area (Å²) in [5.74, 6) is -0.281. The molecule has 1 heterocycles. The Morgan fingerprint density at radius 3 is 2.44 bits per heavy atom. The van der Waals surface area contributed by atoms with Crippen LogP contribution in [-0.2, 0) is 14.3 Å². The molecule has 3 N–H and O–H groups in total. The van der Waals surface area contributed by atoms with Crippen LogP contribution in [-0.4, -0.2) is 54.9 Å². The van der Waals surface area contributed by atoms with Crippen LogP contribution in [0.2, 0.25) is 0 Å². The molecule has 11 heteroatoms. The van der Waals surface area contributed by atoms with Gasteiger partial charge in [0.25, 0.3) is 0 Å². The average Bonchev–Trinajstić information content (AvgIpc) is 2.87. The second kappa shape index (κ2) is 10.7. The molecular formula is C25H22N4O7. The van der Waals surface area contributed by atoms with Crippen molar-refractivity contribution in [1.82, 2.24) is 9.97 Å². The highest BCUT2D eigenvalue weighted by atomic mass is 16.5. The number of rotatable bonds is 10. The number of carbonyl (C=O) groups is 3. The molecule has 3 aromatic rings. The molecule has 0 unspecified atom stereocenters. The van der Waals surface area contributed by atoms with Gasteiger partial charge < -0.3 is 30.0 Å². The van der Waals surface area contributed by atoms with Gasteiger partial charge in [-0.2, -0.15) is 0 Å². The van der Waals surface area contributed by atoms with Crippen LogP contribution in [0.25, 0.3) is 10.9 Å². The zero-order valence-corrected chi connectivity index (χ0v) is 19.4. The van der Waals surface area contributed by atoms with E-state index in [1.54, 1.807) is 19.2 Å². The summed E-state index contributed by atoms with van der Waals surface area (Å²) < 4.78 is 21.6. The molecule has 1 aliphatic carbocycles. The molecule has 184 valence electrons. The monoisotopic (exact) mass is 490 g/mol. The first-order chi connectivity index (χ1) is 17.4. The third-order valence-corrected chi connectivity index (χ3v) is 5.13. The maximum Gasteiger partial charge on any atom is 0.248 e. The number of methoxy groups -OCH3 is 2. The molecular weight excluding hydrogens is 468 g/mol. The first-order valence-electron chi connectivity index (χ1n) is 10.7. The number of nitrogens with two attached hydrogens (primary N) is 1. The molecule has 0 aliphatic heterocycles. The first kappa shape index (κ1) is 24.4. The molecule has 0 atom stereocenters. The maximum atomic E-state index is 12.7. The van der Waals surface area contributed by atoms with Crippen molar-refractivity contribution < 1.29 is 33.3 Å². The molecule has 36 heavy (non-hydrogen) atoms. The van der Waals surface area contributed by atoms with E-state index in [-0.39, 0.29) is 22.8 Å². The Kier molecular flexibility index (Phi) is 7.21. The molecule has 0 radical (unpaired) electrons. The maximum absolute atomic E-state index is 12.7. The number of aromatic nitrogens is 2. The lowest BCUT2D eigenvalue weighted by Gasteiger charge is -2.16. The van der Waals surface area contributed by atoms with Gasteiger partial charge in [-0.25, -0.2) is 9.97 Å². The van der Waals surface area contributed by atoms with Crippen LogP contribution in [0.3, 0.4) is 0 Å². The number of carbonyl (C=O) groups excluding carboxylic acids is 3. The minimum absolute atomic E-state index is 0.0100. The standard InChI is InChI=1S/C25H22N4O7/c1-33-7-8-35-23-11-17-16(9-22(23)34-2)25(28-13-27-17)29-18-10-20(31)21(12-19(18)30)36-15-5-3-14(4-6-15)24(26)32/h3-6,9-13H,7-8H2,1-2H3,(H2,26,32)(H,27,28,29). The Morgan fingerprint density at radius 1 is 0.972 bits per heavy atom.